The van der Waals surface area contributed by atoms with E-state index in [0.717, 1.165) is 18.6 Å². The van der Waals surface area contributed by atoms with E-state index in [-0.39, 0.29) is 0 Å². The molecular formula is C15H29NO. The Hall–Kier alpha value is -0.0800. The fourth-order valence-electron chi connectivity index (χ4n) is 3.56. The van der Waals surface area contributed by atoms with Crippen molar-refractivity contribution >= 4 is 0 Å². The van der Waals surface area contributed by atoms with Crippen molar-refractivity contribution in [2.75, 3.05) is 13.7 Å². The van der Waals surface area contributed by atoms with E-state index in [1.807, 2.05) is 0 Å². The maximum Gasteiger partial charge on any atom is 0.0575 e. The Bertz CT molecular complexity index is 199. The minimum absolute atomic E-state index is 0.576. The Balaban J connectivity index is 1.61. The minimum Gasteiger partial charge on any atom is -0.378 e. The van der Waals surface area contributed by atoms with E-state index in [1.54, 1.807) is 0 Å². The first kappa shape index (κ1) is 13.4. The van der Waals surface area contributed by atoms with Gasteiger partial charge in [0.05, 0.1) is 6.10 Å². The van der Waals surface area contributed by atoms with E-state index in [0.29, 0.717) is 6.10 Å². The van der Waals surface area contributed by atoms with Gasteiger partial charge in [-0.1, -0.05) is 32.1 Å². The highest BCUT2D eigenvalue weighted by molar-refractivity contribution is 4.81. The molecule has 17 heavy (non-hydrogen) atoms. The summed E-state index contributed by atoms with van der Waals surface area (Å²) in [4.78, 5) is 0. The monoisotopic (exact) mass is 239 g/mol. The molecule has 0 aliphatic heterocycles. The van der Waals surface area contributed by atoms with E-state index >= 15 is 0 Å². The van der Waals surface area contributed by atoms with Gasteiger partial charge in [0.1, 0.15) is 0 Å². The first-order valence-electron chi connectivity index (χ1n) is 7.69. The molecule has 0 bridgehead atoms. The zero-order valence-electron chi connectivity index (χ0n) is 11.4. The summed E-state index contributed by atoms with van der Waals surface area (Å²) in [5.74, 6) is 0.866. The molecule has 0 radical (unpaired) electrons. The molecule has 2 rings (SSSR count). The molecule has 2 fully saturated rings. The molecule has 2 nitrogen and oxygen atoms in total. The van der Waals surface area contributed by atoms with Crippen molar-refractivity contribution in [1.29, 1.82) is 0 Å². The zero-order valence-corrected chi connectivity index (χ0v) is 11.4. The fraction of sp³-hybridized carbons (Fsp3) is 1.00. The van der Waals surface area contributed by atoms with Crippen molar-refractivity contribution in [2.45, 2.75) is 76.4 Å². The second-order valence-electron chi connectivity index (χ2n) is 5.86. The van der Waals surface area contributed by atoms with Gasteiger partial charge in [-0.05, 0) is 45.1 Å². The van der Waals surface area contributed by atoms with Gasteiger partial charge >= 0.3 is 0 Å². The molecule has 0 saturated heterocycles. The van der Waals surface area contributed by atoms with Crippen molar-refractivity contribution in [3.63, 3.8) is 0 Å². The Kier molecular flexibility index (Phi) is 5.79. The van der Waals surface area contributed by atoms with Gasteiger partial charge in [0, 0.05) is 12.6 Å². The zero-order chi connectivity index (χ0) is 11.9. The van der Waals surface area contributed by atoms with Crippen molar-refractivity contribution in [3.8, 4) is 0 Å². The molecule has 2 heteroatoms. The number of rotatable bonds is 5. The predicted molar refractivity (Wildman–Crippen MR) is 72.2 cm³/mol. The van der Waals surface area contributed by atoms with Crippen LogP contribution in [0, 0.1) is 5.92 Å². The van der Waals surface area contributed by atoms with E-state index in [2.05, 4.69) is 12.4 Å². The number of ether oxygens (including phenoxy) is 1. The quantitative estimate of drug-likeness (QED) is 0.741. The summed E-state index contributed by atoms with van der Waals surface area (Å²) in [5, 5.41) is 3.46. The highest BCUT2D eigenvalue weighted by Crippen LogP contribution is 2.28. The Morgan fingerprint density at radius 2 is 1.71 bits per heavy atom. The Labute approximate surface area is 107 Å². The fourth-order valence-corrected chi connectivity index (χ4v) is 3.56. The first-order chi connectivity index (χ1) is 8.40. The summed E-state index contributed by atoms with van der Waals surface area (Å²) in [6.07, 6.45) is 14.2. The van der Waals surface area contributed by atoms with Gasteiger partial charge in [-0.15, -0.1) is 0 Å². The topological polar surface area (TPSA) is 21.3 Å². The summed E-state index contributed by atoms with van der Waals surface area (Å²) < 4.78 is 6.09. The lowest BCUT2D eigenvalue weighted by molar-refractivity contribution is 0.0339. The summed E-state index contributed by atoms with van der Waals surface area (Å²) in [5.41, 5.74) is 0. The van der Waals surface area contributed by atoms with Gasteiger partial charge in [-0.25, -0.2) is 0 Å². The van der Waals surface area contributed by atoms with E-state index in [4.69, 9.17) is 4.74 Å². The smallest absolute Gasteiger partial charge is 0.0575 e. The standard InChI is InChI=1S/C15H29NO/c1-16-15-10-6-7-13(15)11-12-17-14-8-4-2-3-5-9-14/h13-16H,2-12H2,1H3. The van der Waals surface area contributed by atoms with Crippen LogP contribution in [-0.4, -0.2) is 25.8 Å². The number of nitrogens with one attached hydrogen (secondary N) is 1. The van der Waals surface area contributed by atoms with Crippen LogP contribution < -0.4 is 5.32 Å². The van der Waals surface area contributed by atoms with Crippen LogP contribution in [0.15, 0.2) is 0 Å². The summed E-state index contributed by atoms with van der Waals surface area (Å²) >= 11 is 0. The van der Waals surface area contributed by atoms with Crippen molar-refractivity contribution < 1.29 is 4.74 Å². The summed E-state index contributed by atoms with van der Waals surface area (Å²) in [7, 11) is 2.11. The lowest BCUT2D eigenvalue weighted by atomic mass is 10.0. The molecule has 0 aromatic heterocycles. The third-order valence-electron chi connectivity index (χ3n) is 4.67. The second kappa shape index (κ2) is 7.38. The molecule has 0 heterocycles. The molecule has 2 unspecified atom stereocenters. The van der Waals surface area contributed by atoms with E-state index in [9.17, 15) is 0 Å². The summed E-state index contributed by atoms with van der Waals surface area (Å²) in [6, 6.07) is 0.757. The van der Waals surface area contributed by atoms with Crippen LogP contribution in [0.2, 0.25) is 0 Å². The van der Waals surface area contributed by atoms with E-state index < -0.39 is 0 Å². The average molecular weight is 239 g/mol. The SMILES string of the molecule is CNC1CCCC1CCOC1CCCCCC1. The lowest BCUT2D eigenvalue weighted by Gasteiger charge is -2.21. The number of hydrogen-bond donors (Lipinski definition) is 1. The van der Waals surface area contributed by atoms with Crippen LogP contribution >= 0.6 is 0 Å². The van der Waals surface area contributed by atoms with Crippen molar-refractivity contribution in [3.05, 3.63) is 0 Å². The molecule has 0 amide bonds. The minimum atomic E-state index is 0.576. The van der Waals surface area contributed by atoms with Crippen LogP contribution in [0.3, 0.4) is 0 Å². The van der Waals surface area contributed by atoms with Gasteiger partial charge in [0.15, 0.2) is 0 Å². The molecule has 2 atom stereocenters. The van der Waals surface area contributed by atoms with Crippen LogP contribution in [0.4, 0.5) is 0 Å². The molecule has 100 valence electrons. The predicted octanol–water partition coefficient (Wildman–Crippen LogP) is 3.50. The van der Waals surface area contributed by atoms with E-state index in [1.165, 1.54) is 64.2 Å². The third kappa shape index (κ3) is 4.26. The van der Waals surface area contributed by atoms with Crippen LogP contribution in [-0.2, 0) is 4.74 Å². The van der Waals surface area contributed by atoms with Crippen LogP contribution in [0.1, 0.15) is 64.2 Å². The van der Waals surface area contributed by atoms with Gasteiger partial charge in [-0.2, -0.15) is 0 Å². The number of hydrogen-bond acceptors (Lipinski definition) is 2. The molecule has 2 aliphatic rings. The normalized spacial score (nSPS) is 31.6. The highest BCUT2D eigenvalue weighted by Gasteiger charge is 2.25. The maximum atomic E-state index is 6.09. The molecular weight excluding hydrogens is 210 g/mol. The van der Waals surface area contributed by atoms with Gasteiger partial charge in [0.25, 0.3) is 0 Å². The Morgan fingerprint density at radius 3 is 2.41 bits per heavy atom. The first-order valence-corrected chi connectivity index (χ1v) is 7.69. The third-order valence-corrected chi connectivity index (χ3v) is 4.67. The molecule has 0 aromatic rings. The average Bonchev–Trinajstić information content (AvgIpc) is 2.64. The van der Waals surface area contributed by atoms with Gasteiger partial charge in [0.2, 0.25) is 0 Å². The van der Waals surface area contributed by atoms with Crippen molar-refractivity contribution in [1.82, 2.24) is 5.32 Å². The second-order valence-corrected chi connectivity index (χ2v) is 5.86. The van der Waals surface area contributed by atoms with Gasteiger partial charge in [-0.3, -0.25) is 0 Å². The molecule has 2 aliphatic carbocycles. The molecule has 2 saturated carbocycles. The maximum absolute atomic E-state index is 6.09. The Morgan fingerprint density at radius 1 is 0.941 bits per heavy atom. The van der Waals surface area contributed by atoms with Gasteiger partial charge < -0.3 is 10.1 Å². The lowest BCUT2D eigenvalue weighted by Crippen LogP contribution is -2.30. The summed E-state index contributed by atoms with van der Waals surface area (Å²) in [6.45, 7) is 0.994. The molecule has 0 aromatic carbocycles. The van der Waals surface area contributed by atoms with Crippen LogP contribution in [0.25, 0.3) is 0 Å². The molecule has 0 spiro atoms. The van der Waals surface area contributed by atoms with Crippen molar-refractivity contribution in [2.24, 2.45) is 5.92 Å². The highest BCUT2D eigenvalue weighted by atomic mass is 16.5. The molecule has 1 N–H and O–H groups in total. The van der Waals surface area contributed by atoms with Crippen LogP contribution in [0.5, 0.6) is 0 Å². The largest absolute Gasteiger partial charge is 0.378 e.